The van der Waals surface area contributed by atoms with Gasteiger partial charge in [0.15, 0.2) is 0 Å². The van der Waals surface area contributed by atoms with E-state index in [1.807, 2.05) is 24.0 Å². The van der Waals surface area contributed by atoms with Gasteiger partial charge in [-0.25, -0.2) is 4.39 Å². The number of likely N-dealkylation sites (tertiary alicyclic amines) is 1. The van der Waals surface area contributed by atoms with Crippen LogP contribution in [0.4, 0.5) is 4.39 Å². The van der Waals surface area contributed by atoms with E-state index in [0.29, 0.717) is 18.2 Å². The Labute approximate surface area is 136 Å². The Morgan fingerprint density at radius 2 is 2.17 bits per heavy atom. The van der Waals surface area contributed by atoms with Gasteiger partial charge in [0.2, 0.25) is 0 Å². The highest BCUT2D eigenvalue weighted by atomic mass is 19.1. The highest BCUT2D eigenvalue weighted by Crippen LogP contribution is 2.24. The number of β-amino-alcohol motifs (C(OH)–C–C–N with tert-alkyl or cyclic N) is 1. The molecule has 1 aliphatic heterocycles. The van der Waals surface area contributed by atoms with Crippen molar-refractivity contribution in [3.63, 3.8) is 0 Å². The van der Waals surface area contributed by atoms with Gasteiger partial charge in [0.25, 0.3) is 0 Å². The van der Waals surface area contributed by atoms with Gasteiger partial charge >= 0.3 is 0 Å². The molecule has 0 amide bonds. The molecule has 3 rings (SSSR count). The lowest BCUT2D eigenvalue weighted by Crippen LogP contribution is -2.44. The molecule has 2 heterocycles. The first-order chi connectivity index (χ1) is 11.1. The minimum Gasteiger partial charge on any atom is -0.387 e. The molecule has 2 aromatic rings. The molecule has 4 nitrogen and oxygen atoms in total. The quantitative estimate of drug-likeness (QED) is 0.922. The summed E-state index contributed by atoms with van der Waals surface area (Å²) in [6.07, 6.45) is 6.51. The largest absolute Gasteiger partial charge is 0.387 e. The summed E-state index contributed by atoms with van der Waals surface area (Å²) in [4.78, 5) is 2.28. The van der Waals surface area contributed by atoms with Crippen LogP contribution in [0.5, 0.6) is 0 Å². The zero-order chi connectivity index (χ0) is 16.2. The second-order valence-corrected chi connectivity index (χ2v) is 6.42. The number of piperidine rings is 1. The molecule has 23 heavy (non-hydrogen) atoms. The Morgan fingerprint density at radius 3 is 2.91 bits per heavy atom. The molecule has 1 aromatic heterocycles. The van der Waals surface area contributed by atoms with Gasteiger partial charge in [-0.1, -0.05) is 24.6 Å². The molecule has 0 radical (unpaired) electrons. The first kappa shape index (κ1) is 16.1. The molecule has 2 atom stereocenters. The van der Waals surface area contributed by atoms with E-state index in [1.165, 1.54) is 12.5 Å². The Morgan fingerprint density at radius 1 is 1.35 bits per heavy atom. The third-order valence-electron chi connectivity index (χ3n) is 4.58. The number of aliphatic hydroxyl groups is 1. The molecular formula is C18H24FN3O. The second-order valence-electron chi connectivity index (χ2n) is 6.42. The molecule has 0 unspecified atom stereocenters. The Hall–Kier alpha value is -1.72. The van der Waals surface area contributed by atoms with Crippen molar-refractivity contribution in [3.05, 3.63) is 53.6 Å². The summed E-state index contributed by atoms with van der Waals surface area (Å²) in [6.45, 7) is 4.25. The number of rotatable bonds is 5. The zero-order valence-electron chi connectivity index (χ0n) is 13.5. The summed E-state index contributed by atoms with van der Waals surface area (Å²) in [6, 6.07) is 6.82. The van der Waals surface area contributed by atoms with E-state index < -0.39 is 6.10 Å². The zero-order valence-corrected chi connectivity index (χ0v) is 13.5. The smallest absolute Gasteiger partial charge is 0.129 e. The lowest BCUT2D eigenvalue weighted by atomic mass is 10.00. The molecule has 0 bridgehead atoms. The van der Waals surface area contributed by atoms with Gasteiger partial charge in [-0.05, 0) is 37.9 Å². The van der Waals surface area contributed by atoms with Crippen molar-refractivity contribution in [1.29, 1.82) is 0 Å². The van der Waals surface area contributed by atoms with Gasteiger partial charge < -0.3 is 5.11 Å². The Kier molecular flexibility index (Phi) is 5.08. The fourth-order valence-corrected chi connectivity index (χ4v) is 3.36. The van der Waals surface area contributed by atoms with Crippen LogP contribution in [0.25, 0.3) is 0 Å². The average molecular weight is 317 g/mol. The van der Waals surface area contributed by atoms with Gasteiger partial charge in [0.1, 0.15) is 5.82 Å². The first-order valence-corrected chi connectivity index (χ1v) is 8.29. The fourth-order valence-electron chi connectivity index (χ4n) is 3.36. The van der Waals surface area contributed by atoms with Crippen LogP contribution >= 0.6 is 0 Å². The average Bonchev–Trinajstić information content (AvgIpc) is 2.95. The molecule has 0 spiro atoms. The standard InChI is InChI=1S/C18H24FN3O/c1-14-10-20-22(11-14)12-15-6-4-5-9-21(15)13-18(23)16-7-2-3-8-17(16)19/h2-3,7-8,10-11,15,18,23H,4-6,9,12-13H2,1H3/t15-,18+/m1/s1. The lowest BCUT2D eigenvalue weighted by molar-refractivity contribution is 0.0575. The monoisotopic (exact) mass is 317 g/mol. The van der Waals surface area contributed by atoms with Crippen LogP contribution in [0.1, 0.15) is 36.5 Å². The van der Waals surface area contributed by atoms with Crippen LogP contribution in [-0.2, 0) is 6.54 Å². The van der Waals surface area contributed by atoms with Gasteiger partial charge in [0, 0.05) is 24.3 Å². The van der Waals surface area contributed by atoms with E-state index in [1.54, 1.807) is 18.2 Å². The molecule has 0 aliphatic carbocycles. The molecule has 0 saturated carbocycles. The molecular weight excluding hydrogens is 293 g/mol. The molecule has 1 saturated heterocycles. The number of hydrogen-bond donors (Lipinski definition) is 1. The molecule has 1 aliphatic rings. The number of aromatic nitrogens is 2. The van der Waals surface area contributed by atoms with E-state index in [-0.39, 0.29) is 5.82 Å². The molecule has 1 N–H and O–H groups in total. The Balaban J connectivity index is 1.67. The SMILES string of the molecule is Cc1cnn(C[C@H]2CCCCN2C[C@H](O)c2ccccc2F)c1. The molecule has 124 valence electrons. The van der Waals surface area contributed by atoms with Crippen LogP contribution in [0, 0.1) is 12.7 Å². The summed E-state index contributed by atoms with van der Waals surface area (Å²) in [5.74, 6) is -0.337. The minimum absolute atomic E-state index is 0.337. The van der Waals surface area contributed by atoms with Gasteiger partial charge in [0.05, 0.1) is 18.8 Å². The highest BCUT2D eigenvalue weighted by molar-refractivity contribution is 5.20. The van der Waals surface area contributed by atoms with Crippen LogP contribution < -0.4 is 0 Å². The molecule has 1 aromatic carbocycles. The highest BCUT2D eigenvalue weighted by Gasteiger charge is 2.26. The van der Waals surface area contributed by atoms with E-state index in [0.717, 1.165) is 31.5 Å². The van der Waals surface area contributed by atoms with Gasteiger partial charge in [-0.3, -0.25) is 9.58 Å². The Bertz CT molecular complexity index is 643. The number of halogens is 1. The summed E-state index contributed by atoms with van der Waals surface area (Å²) in [5, 5.41) is 14.8. The predicted octanol–water partition coefficient (Wildman–Crippen LogP) is 2.92. The maximum absolute atomic E-state index is 13.8. The van der Waals surface area contributed by atoms with E-state index >= 15 is 0 Å². The van der Waals surface area contributed by atoms with Crippen LogP contribution in [-0.4, -0.2) is 38.9 Å². The van der Waals surface area contributed by atoms with Gasteiger partial charge in [-0.15, -0.1) is 0 Å². The number of benzene rings is 1. The maximum Gasteiger partial charge on any atom is 0.129 e. The van der Waals surface area contributed by atoms with Gasteiger partial charge in [-0.2, -0.15) is 5.10 Å². The van der Waals surface area contributed by atoms with Crippen LogP contribution in [0.2, 0.25) is 0 Å². The van der Waals surface area contributed by atoms with E-state index in [4.69, 9.17) is 0 Å². The third kappa shape index (κ3) is 3.98. The fraction of sp³-hybridized carbons (Fsp3) is 0.500. The molecule has 5 heteroatoms. The topological polar surface area (TPSA) is 41.3 Å². The predicted molar refractivity (Wildman–Crippen MR) is 87.5 cm³/mol. The van der Waals surface area contributed by atoms with Crippen molar-refractivity contribution in [2.45, 2.75) is 44.9 Å². The summed E-state index contributed by atoms with van der Waals surface area (Å²) in [5.41, 5.74) is 1.53. The van der Waals surface area contributed by atoms with Crippen molar-refractivity contribution in [2.75, 3.05) is 13.1 Å². The number of aliphatic hydroxyl groups excluding tert-OH is 1. The summed E-state index contributed by atoms with van der Waals surface area (Å²) < 4.78 is 15.8. The summed E-state index contributed by atoms with van der Waals surface area (Å²) >= 11 is 0. The maximum atomic E-state index is 13.8. The van der Waals surface area contributed by atoms with Crippen molar-refractivity contribution in [1.82, 2.24) is 14.7 Å². The van der Waals surface area contributed by atoms with Crippen molar-refractivity contribution in [2.24, 2.45) is 0 Å². The van der Waals surface area contributed by atoms with Crippen LogP contribution in [0.15, 0.2) is 36.7 Å². The van der Waals surface area contributed by atoms with Crippen LogP contribution in [0.3, 0.4) is 0 Å². The van der Waals surface area contributed by atoms with E-state index in [2.05, 4.69) is 10.00 Å². The van der Waals surface area contributed by atoms with Crippen molar-refractivity contribution < 1.29 is 9.50 Å². The minimum atomic E-state index is -0.795. The number of aryl methyl sites for hydroxylation is 1. The lowest BCUT2D eigenvalue weighted by Gasteiger charge is -2.37. The molecule has 1 fully saturated rings. The number of nitrogens with zero attached hydrogens (tertiary/aromatic N) is 3. The van der Waals surface area contributed by atoms with E-state index in [9.17, 15) is 9.50 Å². The van der Waals surface area contributed by atoms with Crippen molar-refractivity contribution >= 4 is 0 Å². The third-order valence-corrected chi connectivity index (χ3v) is 4.58. The van der Waals surface area contributed by atoms with Crippen molar-refractivity contribution in [3.8, 4) is 0 Å². The normalized spacial score (nSPS) is 20.6. The second kappa shape index (κ2) is 7.23. The first-order valence-electron chi connectivity index (χ1n) is 8.29. The summed E-state index contributed by atoms with van der Waals surface area (Å²) in [7, 11) is 0. The number of hydrogen-bond acceptors (Lipinski definition) is 3.